The Labute approximate surface area is 195 Å². The highest BCUT2D eigenvalue weighted by molar-refractivity contribution is 7.89. The van der Waals surface area contributed by atoms with E-state index < -0.39 is 27.9 Å². The normalized spacial score (nSPS) is 12.0. The van der Waals surface area contributed by atoms with Crippen LogP contribution in [0.25, 0.3) is 16.9 Å². The van der Waals surface area contributed by atoms with Gasteiger partial charge in [0, 0.05) is 12.1 Å². The van der Waals surface area contributed by atoms with Crippen LogP contribution in [0.3, 0.4) is 0 Å². The Morgan fingerprint density at radius 2 is 1.74 bits per heavy atom. The maximum absolute atomic E-state index is 13.3. The van der Waals surface area contributed by atoms with E-state index in [1.807, 2.05) is 13.8 Å². The summed E-state index contributed by atoms with van der Waals surface area (Å²) in [7, 11) is -3.93. The quantitative estimate of drug-likeness (QED) is 0.442. The molecule has 0 spiro atoms. The van der Waals surface area contributed by atoms with E-state index in [0.717, 1.165) is 16.3 Å². The number of hydrogen-bond donors (Lipinski definition) is 1. The lowest BCUT2D eigenvalue weighted by molar-refractivity contribution is -0.143. The van der Waals surface area contributed by atoms with Crippen LogP contribution in [-0.4, -0.2) is 37.3 Å². The SMILES string of the molecule is CCCOC(=O)CCNS(=O)(=O)c1ccc(-n2nc(C(F)(F)F)cc2-c2ccc(C)cc2)cc1. The van der Waals surface area contributed by atoms with Crippen molar-refractivity contribution in [1.82, 2.24) is 14.5 Å². The van der Waals surface area contributed by atoms with Crippen molar-refractivity contribution in [3.05, 3.63) is 65.9 Å². The number of benzene rings is 2. The first kappa shape index (κ1) is 25.4. The second-order valence-corrected chi connectivity index (χ2v) is 9.32. The van der Waals surface area contributed by atoms with Crippen LogP contribution in [0.1, 0.15) is 31.0 Å². The Hall–Kier alpha value is -3.18. The van der Waals surface area contributed by atoms with Crippen LogP contribution in [0.2, 0.25) is 0 Å². The standard InChI is InChI=1S/C23H24F3N3O4S/c1-3-14-33-22(30)12-13-27-34(31,32)19-10-8-18(9-11-19)29-20(15-21(28-29)23(24,25)26)17-6-4-16(2)5-7-17/h4-11,15,27H,3,12-14H2,1-2H3. The van der Waals surface area contributed by atoms with Gasteiger partial charge in [0.1, 0.15) is 0 Å². The number of aromatic nitrogens is 2. The molecule has 0 unspecified atom stereocenters. The van der Waals surface area contributed by atoms with E-state index in [0.29, 0.717) is 12.0 Å². The fourth-order valence-electron chi connectivity index (χ4n) is 3.07. The third kappa shape index (κ3) is 6.23. The van der Waals surface area contributed by atoms with E-state index in [1.54, 1.807) is 24.3 Å². The van der Waals surface area contributed by atoms with Gasteiger partial charge >= 0.3 is 12.1 Å². The highest BCUT2D eigenvalue weighted by atomic mass is 32.2. The number of nitrogens with zero attached hydrogens (tertiary/aromatic N) is 2. The largest absolute Gasteiger partial charge is 0.466 e. The molecule has 0 radical (unpaired) electrons. The summed E-state index contributed by atoms with van der Waals surface area (Å²) in [5.74, 6) is -0.511. The van der Waals surface area contributed by atoms with Crippen molar-refractivity contribution in [2.24, 2.45) is 0 Å². The van der Waals surface area contributed by atoms with Gasteiger partial charge in [-0.1, -0.05) is 36.8 Å². The van der Waals surface area contributed by atoms with Gasteiger partial charge in [-0.15, -0.1) is 0 Å². The molecule has 3 rings (SSSR count). The summed E-state index contributed by atoms with van der Waals surface area (Å²) in [4.78, 5) is 11.4. The molecule has 0 saturated carbocycles. The van der Waals surface area contributed by atoms with Crippen molar-refractivity contribution in [3.63, 3.8) is 0 Å². The number of alkyl halides is 3. The number of rotatable bonds is 9. The van der Waals surface area contributed by atoms with Crippen molar-refractivity contribution >= 4 is 16.0 Å². The third-order valence-corrected chi connectivity index (χ3v) is 6.30. The fraction of sp³-hybridized carbons (Fsp3) is 0.304. The van der Waals surface area contributed by atoms with Crippen molar-refractivity contribution in [2.75, 3.05) is 13.2 Å². The molecule has 1 aromatic heterocycles. The van der Waals surface area contributed by atoms with Crippen molar-refractivity contribution < 1.29 is 31.1 Å². The molecule has 0 aliphatic carbocycles. The van der Waals surface area contributed by atoms with Crippen LogP contribution >= 0.6 is 0 Å². The molecule has 1 N–H and O–H groups in total. The number of aryl methyl sites for hydroxylation is 1. The predicted octanol–water partition coefficient (Wildman–Crippen LogP) is 4.49. The van der Waals surface area contributed by atoms with Crippen LogP contribution in [0.15, 0.2) is 59.5 Å². The molecule has 11 heteroatoms. The Bertz CT molecular complexity index is 1240. The minimum Gasteiger partial charge on any atom is -0.466 e. The molecular formula is C23H24F3N3O4S. The Morgan fingerprint density at radius 1 is 1.09 bits per heavy atom. The first-order valence-electron chi connectivity index (χ1n) is 10.5. The molecule has 1 heterocycles. The van der Waals surface area contributed by atoms with Crippen LogP contribution in [0.4, 0.5) is 13.2 Å². The minimum atomic E-state index is -4.64. The summed E-state index contributed by atoms with van der Waals surface area (Å²) < 4.78 is 73.4. The van der Waals surface area contributed by atoms with Gasteiger partial charge in [-0.3, -0.25) is 4.79 Å². The Kier molecular flexibility index (Phi) is 7.78. The zero-order chi connectivity index (χ0) is 24.9. The van der Waals surface area contributed by atoms with Crippen LogP contribution < -0.4 is 4.72 Å². The molecule has 2 aromatic carbocycles. The highest BCUT2D eigenvalue weighted by Crippen LogP contribution is 2.33. The summed E-state index contributed by atoms with van der Waals surface area (Å²) in [6.45, 7) is 3.83. The summed E-state index contributed by atoms with van der Waals surface area (Å²) in [5, 5.41) is 3.71. The first-order valence-corrected chi connectivity index (χ1v) is 12.0. The maximum atomic E-state index is 13.3. The lowest BCUT2D eigenvalue weighted by atomic mass is 10.1. The zero-order valence-corrected chi connectivity index (χ0v) is 19.4. The molecule has 0 saturated heterocycles. The van der Waals surface area contributed by atoms with Gasteiger partial charge in [0.25, 0.3) is 0 Å². The lowest BCUT2D eigenvalue weighted by Gasteiger charge is -2.10. The molecule has 0 aliphatic heterocycles. The van der Waals surface area contributed by atoms with E-state index in [-0.39, 0.29) is 35.8 Å². The first-order chi connectivity index (χ1) is 16.0. The molecule has 182 valence electrons. The van der Waals surface area contributed by atoms with E-state index in [9.17, 15) is 26.4 Å². The lowest BCUT2D eigenvalue weighted by Crippen LogP contribution is -2.26. The summed E-state index contributed by atoms with van der Waals surface area (Å²) in [6.07, 6.45) is -4.10. The smallest absolute Gasteiger partial charge is 0.435 e. The summed E-state index contributed by atoms with van der Waals surface area (Å²) in [6, 6.07) is 13.2. The van der Waals surface area contributed by atoms with Crippen LogP contribution in [-0.2, 0) is 25.7 Å². The van der Waals surface area contributed by atoms with E-state index in [2.05, 4.69) is 9.82 Å². The molecule has 3 aromatic rings. The van der Waals surface area contributed by atoms with E-state index in [4.69, 9.17) is 4.74 Å². The molecule has 7 nitrogen and oxygen atoms in total. The van der Waals surface area contributed by atoms with Gasteiger partial charge in [0.15, 0.2) is 5.69 Å². The van der Waals surface area contributed by atoms with Gasteiger partial charge in [0.2, 0.25) is 10.0 Å². The van der Waals surface area contributed by atoms with Gasteiger partial charge in [-0.2, -0.15) is 18.3 Å². The van der Waals surface area contributed by atoms with Gasteiger partial charge < -0.3 is 4.74 Å². The molecule has 0 fully saturated rings. The van der Waals surface area contributed by atoms with Crippen molar-refractivity contribution in [3.8, 4) is 16.9 Å². The van der Waals surface area contributed by atoms with Crippen LogP contribution in [0.5, 0.6) is 0 Å². The third-order valence-electron chi connectivity index (χ3n) is 4.83. The number of ether oxygens (including phenoxy) is 1. The highest BCUT2D eigenvalue weighted by Gasteiger charge is 2.35. The average molecular weight is 496 g/mol. The molecule has 34 heavy (non-hydrogen) atoms. The second kappa shape index (κ2) is 10.4. The number of esters is 1. The Morgan fingerprint density at radius 3 is 2.32 bits per heavy atom. The number of carbonyl (C=O) groups excluding carboxylic acids is 1. The van der Waals surface area contributed by atoms with Gasteiger partial charge in [0.05, 0.1) is 29.3 Å². The van der Waals surface area contributed by atoms with Gasteiger partial charge in [-0.25, -0.2) is 17.8 Å². The number of hydrogen-bond acceptors (Lipinski definition) is 5. The number of halogens is 3. The number of nitrogens with one attached hydrogen (secondary N) is 1. The average Bonchev–Trinajstić information content (AvgIpc) is 3.24. The predicted molar refractivity (Wildman–Crippen MR) is 120 cm³/mol. The van der Waals surface area contributed by atoms with E-state index >= 15 is 0 Å². The monoisotopic (exact) mass is 495 g/mol. The molecular weight excluding hydrogens is 471 g/mol. The topological polar surface area (TPSA) is 90.3 Å². The molecule has 0 atom stereocenters. The van der Waals surface area contributed by atoms with E-state index in [1.165, 1.54) is 24.3 Å². The fourth-order valence-corrected chi connectivity index (χ4v) is 4.10. The van der Waals surface area contributed by atoms with Gasteiger partial charge in [-0.05, 0) is 43.7 Å². The number of sulfonamides is 1. The minimum absolute atomic E-state index is 0.0988. The summed E-state index contributed by atoms with van der Waals surface area (Å²) >= 11 is 0. The molecule has 0 amide bonds. The molecule has 0 aliphatic rings. The molecule has 0 bridgehead atoms. The second-order valence-electron chi connectivity index (χ2n) is 7.55. The maximum Gasteiger partial charge on any atom is 0.435 e. The summed E-state index contributed by atoms with van der Waals surface area (Å²) in [5.41, 5.74) is 0.893. The Balaban J connectivity index is 1.84. The van der Waals surface area contributed by atoms with Crippen LogP contribution in [0, 0.1) is 6.92 Å². The van der Waals surface area contributed by atoms with Crippen molar-refractivity contribution in [1.29, 1.82) is 0 Å². The number of carbonyl (C=O) groups is 1. The zero-order valence-electron chi connectivity index (χ0n) is 18.6. The van der Waals surface area contributed by atoms with Crippen molar-refractivity contribution in [2.45, 2.75) is 37.8 Å².